The van der Waals surface area contributed by atoms with Gasteiger partial charge in [0.1, 0.15) is 5.75 Å². The third-order valence-corrected chi connectivity index (χ3v) is 2.50. The topological polar surface area (TPSA) is 31.2 Å². The maximum atomic E-state index is 10.7. The summed E-state index contributed by atoms with van der Waals surface area (Å²) in [5.41, 5.74) is 0.913. The van der Waals surface area contributed by atoms with E-state index in [1.807, 2.05) is 24.3 Å². The molecule has 0 amide bonds. The van der Waals surface area contributed by atoms with Gasteiger partial charge in [-0.1, -0.05) is 6.07 Å². The average molecular weight is 193 g/mol. The third-order valence-electron chi connectivity index (χ3n) is 1.98. The predicted octanol–water partition coefficient (Wildman–Crippen LogP) is 2.70. The zero-order chi connectivity index (χ0) is 9.26. The highest BCUT2D eigenvalue weighted by Gasteiger charge is 2.04. The van der Waals surface area contributed by atoms with E-state index in [4.69, 9.17) is 4.74 Å². The number of hydrogen-bond donors (Lipinski definition) is 0. The fourth-order valence-electron chi connectivity index (χ4n) is 1.37. The van der Waals surface area contributed by atoms with E-state index in [-0.39, 0.29) is 8.61 Å². The Labute approximate surface area is 77.2 Å². The Kier molecular flexibility index (Phi) is 2.03. The fraction of sp³-hybridized carbons (Fsp3) is 0.111. The molecule has 3 nitrogen and oxygen atoms in total. The highest BCUT2D eigenvalue weighted by atomic mass is 31.1. The molecule has 1 aromatic heterocycles. The van der Waals surface area contributed by atoms with Crippen LogP contribution in [0.4, 0.5) is 0 Å². The molecule has 2 rings (SSSR count). The lowest BCUT2D eigenvalue weighted by Crippen LogP contribution is -1.83. The maximum Gasteiger partial charge on any atom is 0.286 e. The van der Waals surface area contributed by atoms with Crippen LogP contribution in [0.3, 0.4) is 0 Å². The second kappa shape index (κ2) is 3.19. The molecule has 0 aliphatic carbocycles. The largest absolute Gasteiger partial charge is 0.496 e. The average Bonchev–Trinajstić information content (AvgIpc) is 2.60. The summed E-state index contributed by atoms with van der Waals surface area (Å²) in [4.78, 5) is 0. The second-order valence-electron chi connectivity index (χ2n) is 2.64. The maximum absolute atomic E-state index is 10.7. The van der Waals surface area contributed by atoms with E-state index >= 15 is 0 Å². The lowest BCUT2D eigenvalue weighted by molar-refractivity contribution is 0.420. The number of fused-ring (bicyclic) bond motifs is 1. The predicted molar refractivity (Wildman–Crippen MR) is 51.5 cm³/mol. The smallest absolute Gasteiger partial charge is 0.286 e. The molecule has 0 spiro atoms. The van der Waals surface area contributed by atoms with E-state index < -0.39 is 0 Å². The molecule has 0 unspecified atom stereocenters. The molecule has 13 heavy (non-hydrogen) atoms. The van der Waals surface area contributed by atoms with Gasteiger partial charge < -0.3 is 4.74 Å². The van der Waals surface area contributed by atoms with Gasteiger partial charge >= 0.3 is 0 Å². The van der Waals surface area contributed by atoms with Crippen molar-refractivity contribution >= 4 is 19.5 Å². The molecule has 1 aromatic carbocycles. The highest BCUT2D eigenvalue weighted by Crippen LogP contribution is 2.27. The minimum Gasteiger partial charge on any atom is -0.496 e. The summed E-state index contributed by atoms with van der Waals surface area (Å²) in [6, 6.07) is 7.55. The van der Waals surface area contributed by atoms with Crippen LogP contribution in [0.5, 0.6) is 5.75 Å². The molecule has 0 N–H and O–H groups in total. The van der Waals surface area contributed by atoms with Crippen molar-refractivity contribution in [2.45, 2.75) is 0 Å². The van der Waals surface area contributed by atoms with Gasteiger partial charge in [0.15, 0.2) is 0 Å². The van der Waals surface area contributed by atoms with Gasteiger partial charge in [-0.25, -0.2) is 4.57 Å². The summed E-state index contributed by atoms with van der Waals surface area (Å²) in [6.45, 7) is 0. The number of aromatic nitrogens is 1. The van der Waals surface area contributed by atoms with Crippen LogP contribution in [0.2, 0.25) is 0 Å². The first-order valence-electron chi connectivity index (χ1n) is 3.84. The van der Waals surface area contributed by atoms with E-state index in [0.29, 0.717) is 0 Å². The molecule has 0 radical (unpaired) electrons. The van der Waals surface area contributed by atoms with Crippen LogP contribution >= 0.6 is 8.61 Å². The summed E-state index contributed by atoms with van der Waals surface area (Å²) in [6.07, 6.45) is 1.77. The zero-order valence-electron chi connectivity index (χ0n) is 7.10. The van der Waals surface area contributed by atoms with Crippen molar-refractivity contribution in [1.82, 2.24) is 4.34 Å². The van der Waals surface area contributed by atoms with Crippen molar-refractivity contribution in [3.63, 3.8) is 0 Å². The van der Waals surface area contributed by atoms with Gasteiger partial charge in [0.2, 0.25) is 0 Å². The van der Waals surface area contributed by atoms with Crippen LogP contribution in [0.15, 0.2) is 30.5 Å². The molecule has 4 heteroatoms. The molecular weight excluding hydrogens is 185 g/mol. The van der Waals surface area contributed by atoms with Crippen LogP contribution in [0, 0.1) is 0 Å². The lowest BCUT2D eigenvalue weighted by atomic mass is 10.2. The Morgan fingerprint density at radius 3 is 2.92 bits per heavy atom. The molecule has 0 fully saturated rings. The molecule has 0 saturated carbocycles. The number of rotatable bonds is 2. The van der Waals surface area contributed by atoms with Gasteiger partial charge in [0, 0.05) is 11.6 Å². The molecule has 0 saturated heterocycles. The van der Waals surface area contributed by atoms with Crippen LogP contribution in [0.25, 0.3) is 10.9 Å². The molecule has 0 bridgehead atoms. The van der Waals surface area contributed by atoms with E-state index in [9.17, 15) is 4.57 Å². The van der Waals surface area contributed by atoms with Crippen molar-refractivity contribution in [2.24, 2.45) is 0 Å². The van der Waals surface area contributed by atoms with E-state index in [1.165, 1.54) is 0 Å². The first-order chi connectivity index (χ1) is 6.36. The normalized spacial score (nSPS) is 10.8. The Bertz CT molecular complexity index is 450. The van der Waals surface area contributed by atoms with Crippen molar-refractivity contribution in [3.05, 3.63) is 30.5 Å². The van der Waals surface area contributed by atoms with Gasteiger partial charge in [0.25, 0.3) is 8.61 Å². The van der Waals surface area contributed by atoms with Crippen molar-refractivity contribution in [2.75, 3.05) is 7.11 Å². The Morgan fingerprint density at radius 1 is 1.38 bits per heavy atom. The summed E-state index contributed by atoms with van der Waals surface area (Å²) in [7, 11) is 1.60. The van der Waals surface area contributed by atoms with Crippen molar-refractivity contribution in [3.8, 4) is 5.75 Å². The van der Waals surface area contributed by atoms with Gasteiger partial charge in [-0.2, -0.15) is 0 Å². The Hall–Kier alpha value is -1.34. The quantitative estimate of drug-likeness (QED) is 0.686. The molecule has 0 aliphatic rings. The number of nitrogens with zero attached hydrogens (tertiary/aromatic N) is 1. The molecule has 2 aromatic rings. The van der Waals surface area contributed by atoms with Gasteiger partial charge in [0.05, 0.1) is 12.6 Å². The first kappa shape index (κ1) is 8.27. The summed E-state index contributed by atoms with van der Waals surface area (Å²) in [5, 5.41) is 0.980. The second-order valence-corrected chi connectivity index (χ2v) is 3.23. The van der Waals surface area contributed by atoms with Crippen molar-refractivity contribution < 1.29 is 9.30 Å². The SMILES string of the molecule is COc1cccc2c1ccn2P=O. The minimum absolute atomic E-state index is 0.0238. The Balaban J connectivity index is 2.79. The first-order valence-corrected chi connectivity index (χ1v) is 4.61. The molecule has 66 valence electrons. The number of benzene rings is 1. The standard InChI is InChI=1S/C9H8NO2P/c1-12-9-4-2-3-8-7(9)5-6-10(8)13-11/h2-6H,1H3. The fourth-order valence-corrected chi connectivity index (χ4v) is 1.76. The van der Waals surface area contributed by atoms with Crippen LogP contribution in [-0.4, -0.2) is 11.4 Å². The van der Waals surface area contributed by atoms with Gasteiger partial charge in [-0.05, 0) is 18.2 Å². The number of methoxy groups -OCH3 is 1. The van der Waals surface area contributed by atoms with Crippen LogP contribution in [-0.2, 0) is 4.57 Å². The lowest BCUT2D eigenvalue weighted by Gasteiger charge is -2.00. The molecular formula is C9H8NO2P. The highest BCUT2D eigenvalue weighted by molar-refractivity contribution is 7.22. The Morgan fingerprint density at radius 2 is 2.23 bits per heavy atom. The molecule has 0 aliphatic heterocycles. The zero-order valence-corrected chi connectivity index (χ0v) is 7.99. The van der Waals surface area contributed by atoms with E-state index in [2.05, 4.69) is 0 Å². The van der Waals surface area contributed by atoms with Crippen molar-refractivity contribution in [1.29, 1.82) is 0 Å². The number of hydrogen-bond acceptors (Lipinski definition) is 2. The summed E-state index contributed by atoms with van der Waals surface area (Å²) in [5.74, 6) is 0.805. The van der Waals surface area contributed by atoms with Crippen LogP contribution in [0.1, 0.15) is 0 Å². The van der Waals surface area contributed by atoms with E-state index in [0.717, 1.165) is 16.7 Å². The van der Waals surface area contributed by atoms with Gasteiger partial charge in [-0.15, -0.1) is 0 Å². The van der Waals surface area contributed by atoms with Crippen LogP contribution < -0.4 is 4.74 Å². The van der Waals surface area contributed by atoms with E-state index in [1.54, 1.807) is 17.6 Å². The monoisotopic (exact) mass is 193 g/mol. The summed E-state index contributed by atoms with van der Waals surface area (Å²) >= 11 is 0. The third kappa shape index (κ3) is 1.21. The minimum atomic E-state index is -0.0238. The molecule has 0 atom stereocenters. The molecule has 1 heterocycles. The van der Waals surface area contributed by atoms with Gasteiger partial charge in [-0.3, -0.25) is 4.34 Å². The number of ether oxygens (including phenoxy) is 1. The summed E-state index contributed by atoms with van der Waals surface area (Å²) < 4.78 is 17.5.